The van der Waals surface area contributed by atoms with E-state index in [2.05, 4.69) is 6.07 Å². The fraction of sp³-hybridized carbons (Fsp3) is 0.435. The van der Waals surface area contributed by atoms with Crippen LogP contribution in [0.4, 0.5) is 9.18 Å². The highest BCUT2D eigenvalue weighted by Crippen LogP contribution is 2.26. The van der Waals surface area contributed by atoms with Crippen molar-refractivity contribution in [3.63, 3.8) is 0 Å². The molecule has 0 saturated carbocycles. The normalized spacial score (nSPS) is 17.3. The molecule has 1 unspecified atom stereocenters. The molecule has 0 aromatic heterocycles. The molecule has 0 aliphatic carbocycles. The Morgan fingerprint density at radius 2 is 1.89 bits per heavy atom. The lowest BCUT2D eigenvalue weighted by Gasteiger charge is -2.34. The summed E-state index contributed by atoms with van der Waals surface area (Å²) in [5.74, 6) is 1.44. The van der Waals surface area contributed by atoms with E-state index in [0.717, 1.165) is 37.1 Å². The second-order valence-electron chi connectivity index (χ2n) is 8.34. The van der Waals surface area contributed by atoms with Crippen molar-refractivity contribution in [2.75, 3.05) is 13.1 Å². The van der Waals surface area contributed by atoms with Crippen LogP contribution in [0.3, 0.4) is 0 Å². The largest absolute Gasteiger partial charge is 0.457 e. The summed E-state index contributed by atoms with van der Waals surface area (Å²) in [6.45, 7) is 7.12. The Kier molecular flexibility index (Phi) is 6.22. The van der Waals surface area contributed by atoms with Gasteiger partial charge < -0.3 is 14.4 Å². The summed E-state index contributed by atoms with van der Waals surface area (Å²) in [5, 5.41) is 0. The molecule has 150 valence electrons. The third kappa shape index (κ3) is 5.98. The third-order valence-electron chi connectivity index (χ3n) is 4.64. The summed E-state index contributed by atoms with van der Waals surface area (Å²) in [6.07, 6.45) is 2.71. The lowest BCUT2D eigenvalue weighted by molar-refractivity contribution is 0.0166. The first kappa shape index (κ1) is 20.2. The number of amides is 1. The average Bonchev–Trinajstić information content (AvgIpc) is 2.63. The SMILES string of the molecule is CC(C)(C)OC(=O)N1CCCC(Cc2cccc(Oc3ccc(F)cc3)c2)C1. The Balaban J connectivity index is 1.60. The Morgan fingerprint density at radius 3 is 2.61 bits per heavy atom. The smallest absolute Gasteiger partial charge is 0.410 e. The van der Waals surface area contributed by atoms with E-state index in [1.165, 1.54) is 12.1 Å². The van der Waals surface area contributed by atoms with E-state index in [4.69, 9.17) is 9.47 Å². The minimum atomic E-state index is -0.476. The van der Waals surface area contributed by atoms with E-state index < -0.39 is 5.60 Å². The zero-order chi connectivity index (χ0) is 20.1. The molecule has 1 atom stereocenters. The van der Waals surface area contributed by atoms with Crippen molar-refractivity contribution in [1.29, 1.82) is 0 Å². The molecule has 1 fully saturated rings. The maximum absolute atomic E-state index is 13.0. The summed E-state index contributed by atoms with van der Waals surface area (Å²) in [5.41, 5.74) is 0.686. The van der Waals surface area contributed by atoms with Crippen molar-refractivity contribution in [2.45, 2.75) is 45.6 Å². The first-order valence-corrected chi connectivity index (χ1v) is 9.79. The monoisotopic (exact) mass is 385 g/mol. The van der Waals surface area contributed by atoms with Crippen LogP contribution in [0.2, 0.25) is 0 Å². The van der Waals surface area contributed by atoms with E-state index in [1.54, 1.807) is 12.1 Å². The van der Waals surface area contributed by atoms with Gasteiger partial charge in [0.25, 0.3) is 0 Å². The highest BCUT2D eigenvalue weighted by Gasteiger charge is 2.27. The molecule has 0 N–H and O–H groups in total. The predicted molar refractivity (Wildman–Crippen MR) is 107 cm³/mol. The Bertz CT molecular complexity index is 798. The zero-order valence-electron chi connectivity index (χ0n) is 16.8. The van der Waals surface area contributed by atoms with Gasteiger partial charge in [-0.15, -0.1) is 0 Å². The van der Waals surface area contributed by atoms with Crippen LogP contribution in [0, 0.1) is 11.7 Å². The van der Waals surface area contributed by atoms with Crippen LogP contribution in [-0.4, -0.2) is 29.7 Å². The molecule has 28 heavy (non-hydrogen) atoms. The molecular formula is C23H28FNO3. The number of halogens is 1. The van der Waals surface area contributed by atoms with E-state index >= 15 is 0 Å². The van der Waals surface area contributed by atoms with Crippen molar-refractivity contribution >= 4 is 6.09 Å². The van der Waals surface area contributed by atoms with E-state index in [1.807, 2.05) is 43.9 Å². The lowest BCUT2D eigenvalue weighted by Crippen LogP contribution is -2.43. The maximum Gasteiger partial charge on any atom is 0.410 e. The van der Waals surface area contributed by atoms with Gasteiger partial charge in [0.15, 0.2) is 0 Å². The van der Waals surface area contributed by atoms with Gasteiger partial charge in [0, 0.05) is 13.1 Å². The maximum atomic E-state index is 13.0. The zero-order valence-corrected chi connectivity index (χ0v) is 16.8. The molecule has 4 nitrogen and oxygen atoms in total. The van der Waals surface area contributed by atoms with Crippen LogP contribution in [0.15, 0.2) is 48.5 Å². The van der Waals surface area contributed by atoms with Crippen molar-refractivity contribution in [3.8, 4) is 11.5 Å². The van der Waals surface area contributed by atoms with Gasteiger partial charge in [0.1, 0.15) is 22.9 Å². The Morgan fingerprint density at radius 1 is 1.14 bits per heavy atom. The van der Waals surface area contributed by atoms with E-state index in [-0.39, 0.29) is 11.9 Å². The predicted octanol–water partition coefficient (Wildman–Crippen LogP) is 5.81. The van der Waals surface area contributed by atoms with Crippen molar-refractivity contribution < 1.29 is 18.7 Å². The van der Waals surface area contributed by atoms with Crippen molar-refractivity contribution in [2.24, 2.45) is 5.92 Å². The number of carbonyl (C=O) groups is 1. The van der Waals surface area contributed by atoms with Gasteiger partial charge in [0.2, 0.25) is 0 Å². The Labute approximate surface area is 166 Å². The first-order valence-electron chi connectivity index (χ1n) is 9.79. The molecule has 1 aliphatic heterocycles. The summed E-state index contributed by atoms with van der Waals surface area (Å²) in [7, 11) is 0. The molecule has 1 amide bonds. The number of hydrogen-bond acceptors (Lipinski definition) is 3. The number of piperidine rings is 1. The van der Waals surface area contributed by atoms with E-state index in [0.29, 0.717) is 18.2 Å². The highest BCUT2D eigenvalue weighted by atomic mass is 19.1. The second-order valence-corrected chi connectivity index (χ2v) is 8.34. The van der Waals surface area contributed by atoms with Crippen LogP contribution >= 0.6 is 0 Å². The minimum absolute atomic E-state index is 0.231. The number of likely N-dealkylation sites (tertiary alicyclic amines) is 1. The quantitative estimate of drug-likeness (QED) is 0.667. The number of ether oxygens (including phenoxy) is 2. The first-order chi connectivity index (χ1) is 13.3. The van der Waals surface area contributed by atoms with Gasteiger partial charge >= 0.3 is 6.09 Å². The van der Waals surface area contributed by atoms with Crippen LogP contribution in [0.5, 0.6) is 11.5 Å². The van der Waals surface area contributed by atoms with Gasteiger partial charge in [-0.3, -0.25) is 0 Å². The number of hydrogen-bond donors (Lipinski definition) is 0. The molecule has 1 saturated heterocycles. The van der Waals surface area contributed by atoms with Crippen LogP contribution in [0.25, 0.3) is 0 Å². The number of benzene rings is 2. The van der Waals surface area contributed by atoms with Gasteiger partial charge in [-0.1, -0.05) is 12.1 Å². The molecule has 0 bridgehead atoms. The fourth-order valence-corrected chi connectivity index (χ4v) is 3.43. The molecule has 5 heteroatoms. The van der Waals surface area contributed by atoms with Crippen LogP contribution in [-0.2, 0) is 11.2 Å². The topological polar surface area (TPSA) is 38.8 Å². The van der Waals surface area contributed by atoms with Crippen LogP contribution < -0.4 is 4.74 Å². The Hall–Kier alpha value is -2.56. The average molecular weight is 385 g/mol. The minimum Gasteiger partial charge on any atom is -0.457 e. The number of carbonyl (C=O) groups excluding carboxylic acids is 1. The highest BCUT2D eigenvalue weighted by molar-refractivity contribution is 5.68. The standard InChI is InChI=1S/C23H28FNO3/c1-23(2,3)28-22(26)25-13-5-7-18(16-25)14-17-6-4-8-21(15-17)27-20-11-9-19(24)10-12-20/h4,6,8-12,15,18H,5,7,13-14,16H2,1-3H3. The number of rotatable bonds is 4. The number of nitrogens with zero attached hydrogens (tertiary/aromatic N) is 1. The van der Waals surface area contributed by atoms with E-state index in [9.17, 15) is 9.18 Å². The molecule has 0 spiro atoms. The van der Waals surface area contributed by atoms with Crippen molar-refractivity contribution in [3.05, 3.63) is 59.9 Å². The van der Waals surface area contributed by atoms with Crippen LogP contribution in [0.1, 0.15) is 39.2 Å². The summed E-state index contributed by atoms with van der Waals surface area (Å²) < 4.78 is 24.4. The summed E-state index contributed by atoms with van der Waals surface area (Å²) in [6, 6.07) is 13.9. The summed E-state index contributed by atoms with van der Waals surface area (Å²) in [4.78, 5) is 14.2. The van der Waals surface area contributed by atoms with Gasteiger partial charge in [-0.05, 0) is 87.9 Å². The third-order valence-corrected chi connectivity index (χ3v) is 4.64. The molecule has 1 aliphatic rings. The molecule has 0 radical (unpaired) electrons. The molecular weight excluding hydrogens is 357 g/mol. The second kappa shape index (κ2) is 8.63. The van der Waals surface area contributed by atoms with Gasteiger partial charge in [-0.2, -0.15) is 0 Å². The van der Waals surface area contributed by atoms with Gasteiger partial charge in [-0.25, -0.2) is 9.18 Å². The molecule has 2 aromatic carbocycles. The summed E-state index contributed by atoms with van der Waals surface area (Å²) >= 11 is 0. The van der Waals surface area contributed by atoms with Gasteiger partial charge in [0.05, 0.1) is 0 Å². The fourth-order valence-electron chi connectivity index (χ4n) is 3.43. The molecule has 3 rings (SSSR count). The lowest BCUT2D eigenvalue weighted by atomic mass is 9.91. The molecule has 1 heterocycles. The molecule has 2 aromatic rings. The van der Waals surface area contributed by atoms with Crippen molar-refractivity contribution in [1.82, 2.24) is 4.90 Å².